The third-order valence-electron chi connectivity index (χ3n) is 8.15. The number of aliphatic hydroxyl groups excluding tert-OH is 1. The van der Waals surface area contributed by atoms with Gasteiger partial charge in [-0.3, -0.25) is 0 Å². The Kier molecular flexibility index (Phi) is 6.25. The molecule has 4 aliphatic rings. The van der Waals surface area contributed by atoms with E-state index in [1.165, 1.54) is 5.57 Å². The lowest BCUT2D eigenvalue weighted by Gasteiger charge is -2.59. The van der Waals surface area contributed by atoms with Crippen LogP contribution in [-0.2, 0) is 19.0 Å². The summed E-state index contributed by atoms with van der Waals surface area (Å²) < 4.78 is 17.0. The summed E-state index contributed by atoms with van der Waals surface area (Å²) in [6.45, 7) is 10.5. The SMILES string of the molecule is C=C1CC[C@@H]2[C@](C)(COC3CCCCO3)[C@H](O)CC[C@@]2(C)[C@@H]1/C=C/C1=CCOC1=O. The molecule has 1 unspecified atom stereocenters. The molecule has 2 aliphatic heterocycles. The first-order valence-corrected chi connectivity index (χ1v) is 11.5. The molecule has 3 fully saturated rings. The van der Waals surface area contributed by atoms with Crippen molar-refractivity contribution in [2.24, 2.45) is 22.7 Å². The highest BCUT2D eigenvalue weighted by molar-refractivity contribution is 5.93. The highest BCUT2D eigenvalue weighted by atomic mass is 16.7. The molecule has 166 valence electrons. The zero-order valence-electron chi connectivity index (χ0n) is 18.4. The third kappa shape index (κ3) is 3.92. The summed E-state index contributed by atoms with van der Waals surface area (Å²) in [5.41, 5.74) is 1.49. The van der Waals surface area contributed by atoms with Gasteiger partial charge in [0.1, 0.15) is 6.61 Å². The molecule has 2 heterocycles. The van der Waals surface area contributed by atoms with Gasteiger partial charge in [-0.25, -0.2) is 4.79 Å². The number of aliphatic hydroxyl groups is 1. The van der Waals surface area contributed by atoms with E-state index in [4.69, 9.17) is 14.2 Å². The summed E-state index contributed by atoms with van der Waals surface area (Å²) in [5.74, 6) is 0.226. The molecule has 0 radical (unpaired) electrons. The lowest BCUT2D eigenvalue weighted by atomic mass is 9.46. The molecule has 1 N–H and O–H groups in total. The van der Waals surface area contributed by atoms with E-state index in [-0.39, 0.29) is 35.1 Å². The lowest BCUT2D eigenvalue weighted by Crippen LogP contribution is -2.57. The number of esters is 1. The average molecular weight is 417 g/mol. The third-order valence-corrected chi connectivity index (χ3v) is 8.15. The number of cyclic esters (lactones) is 1. The number of fused-ring (bicyclic) bond motifs is 1. The Morgan fingerprint density at radius 3 is 2.83 bits per heavy atom. The van der Waals surface area contributed by atoms with Gasteiger partial charge in [-0.1, -0.05) is 38.2 Å². The van der Waals surface area contributed by atoms with Crippen LogP contribution in [0.3, 0.4) is 0 Å². The predicted molar refractivity (Wildman–Crippen MR) is 115 cm³/mol. The van der Waals surface area contributed by atoms with E-state index in [2.05, 4.69) is 26.5 Å². The lowest BCUT2D eigenvalue weighted by molar-refractivity contribution is -0.217. The summed E-state index contributed by atoms with van der Waals surface area (Å²) in [5, 5.41) is 11.1. The molecule has 0 bridgehead atoms. The van der Waals surface area contributed by atoms with Crippen LogP contribution in [0.15, 0.2) is 36.0 Å². The minimum absolute atomic E-state index is 0.0281. The van der Waals surface area contributed by atoms with E-state index < -0.39 is 0 Å². The Labute approximate surface area is 180 Å². The predicted octanol–water partition coefficient (Wildman–Crippen LogP) is 4.32. The van der Waals surface area contributed by atoms with Crippen LogP contribution in [0.5, 0.6) is 0 Å². The Hall–Kier alpha value is -1.43. The maximum atomic E-state index is 11.8. The van der Waals surface area contributed by atoms with Gasteiger partial charge in [0.2, 0.25) is 0 Å². The van der Waals surface area contributed by atoms with E-state index in [9.17, 15) is 9.90 Å². The second kappa shape index (κ2) is 8.60. The van der Waals surface area contributed by atoms with Gasteiger partial charge in [-0.2, -0.15) is 0 Å². The van der Waals surface area contributed by atoms with Crippen molar-refractivity contribution < 1.29 is 24.1 Å². The fraction of sp³-hybridized carbons (Fsp3) is 0.720. The molecule has 0 spiro atoms. The van der Waals surface area contributed by atoms with Crippen molar-refractivity contribution in [3.63, 3.8) is 0 Å². The molecule has 5 heteroatoms. The highest BCUT2D eigenvalue weighted by Crippen LogP contribution is 2.61. The molecular weight excluding hydrogens is 380 g/mol. The summed E-state index contributed by atoms with van der Waals surface area (Å²) in [4.78, 5) is 11.8. The number of ether oxygens (including phenoxy) is 3. The highest BCUT2D eigenvalue weighted by Gasteiger charge is 2.57. The maximum absolute atomic E-state index is 11.8. The van der Waals surface area contributed by atoms with Gasteiger partial charge in [0.25, 0.3) is 0 Å². The molecule has 0 amide bonds. The molecule has 6 atom stereocenters. The van der Waals surface area contributed by atoms with Crippen molar-refractivity contribution >= 4 is 5.97 Å². The number of rotatable bonds is 5. The first-order valence-electron chi connectivity index (χ1n) is 11.5. The Bertz CT molecular complexity index is 734. The van der Waals surface area contributed by atoms with Gasteiger partial charge in [-0.05, 0) is 62.4 Å². The zero-order valence-corrected chi connectivity index (χ0v) is 18.4. The van der Waals surface area contributed by atoms with Gasteiger partial charge in [0.15, 0.2) is 6.29 Å². The van der Waals surface area contributed by atoms with Crippen LogP contribution in [0.2, 0.25) is 0 Å². The number of allylic oxidation sites excluding steroid dienone is 2. The number of carbonyl (C=O) groups excluding carboxylic acids is 1. The van der Waals surface area contributed by atoms with E-state index in [1.807, 2.05) is 12.2 Å². The molecule has 0 aromatic heterocycles. The second-order valence-corrected chi connectivity index (χ2v) is 10.0. The molecule has 5 nitrogen and oxygen atoms in total. The second-order valence-electron chi connectivity index (χ2n) is 10.0. The fourth-order valence-electron chi connectivity index (χ4n) is 6.30. The number of hydrogen-bond donors (Lipinski definition) is 1. The van der Waals surface area contributed by atoms with Crippen LogP contribution in [0.1, 0.15) is 58.8 Å². The Morgan fingerprint density at radius 2 is 2.13 bits per heavy atom. The largest absolute Gasteiger partial charge is 0.458 e. The van der Waals surface area contributed by atoms with E-state index in [0.717, 1.165) is 51.6 Å². The molecule has 2 saturated carbocycles. The Morgan fingerprint density at radius 1 is 1.30 bits per heavy atom. The normalized spacial score (nSPS) is 42.2. The van der Waals surface area contributed by atoms with Crippen molar-refractivity contribution in [3.05, 3.63) is 36.0 Å². The van der Waals surface area contributed by atoms with Gasteiger partial charge in [-0.15, -0.1) is 0 Å². The number of carbonyl (C=O) groups is 1. The summed E-state index contributed by atoms with van der Waals surface area (Å²) in [6.07, 6.45) is 12.1. The minimum atomic E-state index is -0.386. The van der Waals surface area contributed by atoms with Crippen LogP contribution in [0.25, 0.3) is 0 Å². The van der Waals surface area contributed by atoms with Gasteiger partial charge < -0.3 is 19.3 Å². The van der Waals surface area contributed by atoms with Gasteiger partial charge >= 0.3 is 5.97 Å². The summed E-state index contributed by atoms with van der Waals surface area (Å²) in [7, 11) is 0. The molecule has 0 aromatic carbocycles. The topological polar surface area (TPSA) is 65.0 Å². The van der Waals surface area contributed by atoms with Gasteiger partial charge in [0.05, 0.1) is 18.3 Å². The van der Waals surface area contributed by atoms with Crippen molar-refractivity contribution in [2.45, 2.75) is 71.2 Å². The van der Waals surface area contributed by atoms with Crippen molar-refractivity contribution in [3.8, 4) is 0 Å². The monoisotopic (exact) mass is 416 g/mol. The van der Waals surface area contributed by atoms with Crippen molar-refractivity contribution in [1.82, 2.24) is 0 Å². The minimum Gasteiger partial charge on any atom is -0.458 e. The summed E-state index contributed by atoms with van der Waals surface area (Å²) >= 11 is 0. The smallest absolute Gasteiger partial charge is 0.338 e. The average Bonchev–Trinajstić information content (AvgIpc) is 3.15. The standard InChI is InChI=1S/C25H36O5/c1-17-7-10-20-24(2,19(17)9-8-18-12-15-29-23(18)27)13-11-21(26)25(20,3)16-30-22-6-4-5-14-28-22/h8-9,12,19-22,26H,1,4-7,10-11,13-16H2,2-3H3/b9-8+/t19-,20+,21-,22?,24+,25+/m1/s1. The van der Waals surface area contributed by atoms with Gasteiger partial charge in [0, 0.05) is 17.9 Å². The van der Waals surface area contributed by atoms with Crippen LogP contribution < -0.4 is 0 Å². The number of hydrogen-bond acceptors (Lipinski definition) is 5. The fourth-order valence-corrected chi connectivity index (χ4v) is 6.30. The first-order chi connectivity index (χ1) is 14.3. The van der Waals surface area contributed by atoms with Crippen LogP contribution in [0.4, 0.5) is 0 Å². The zero-order chi connectivity index (χ0) is 21.4. The molecule has 4 rings (SSSR count). The van der Waals surface area contributed by atoms with E-state index in [1.54, 1.807) is 0 Å². The molecule has 30 heavy (non-hydrogen) atoms. The first kappa shape index (κ1) is 21.8. The Balaban J connectivity index is 1.55. The van der Waals surface area contributed by atoms with E-state index in [0.29, 0.717) is 24.7 Å². The van der Waals surface area contributed by atoms with Crippen LogP contribution in [0, 0.1) is 22.7 Å². The van der Waals surface area contributed by atoms with E-state index >= 15 is 0 Å². The van der Waals surface area contributed by atoms with Crippen LogP contribution in [-0.4, -0.2) is 43.3 Å². The molecule has 2 aliphatic carbocycles. The summed E-state index contributed by atoms with van der Waals surface area (Å²) in [6, 6.07) is 0. The molecule has 1 saturated heterocycles. The van der Waals surface area contributed by atoms with Crippen molar-refractivity contribution in [2.75, 3.05) is 19.8 Å². The quantitative estimate of drug-likeness (QED) is 0.534. The van der Waals surface area contributed by atoms with Crippen molar-refractivity contribution in [1.29, 1.82) is 0 Å². The molecular formula is C25H36O5. The maximum Gasteiger partial charge on any atom is 0.338 e. The van der Waals surface area contributed by atoms with Crippen LogP contribution >= 0.6 is 0 Å². The molecule has 0 aromatic rings.